The molecule has 1 atom stereocenters. The lowest BCUT2D eigenvalue weighted by Crippen LogP contribution is -2.20. The van der Waals surface area contributed by atoms with Crippen molar-refractivity contribution in [1.82, 2.24) is 0 Å². The van der Waals surface area contributed by atoms with E-state index in [-0.39, 0.29) is 5.92 Å². The molecule has 0 radical (unpaired) electrons. The topological polar surface area (TPSA) is 26.3 Å². The molecule has 0 fully saturated rings. The molecule has 2 rings (SSSR count). The van der Waals surface area contributed by atoms with Crippen molar-refractivity contribution in [2.45, 2.75) is 38.0 Å². The smallest absolute Gasteiger partial charge is 0.140 e. The molecule has 2 nitrogen and oxygen atoms in total. The van der Waals surface area contributed by atoms with Gasteiger partial charge in [-0.3, -0.25) is 4.79 Å². The second-order valence-electron chi connectivity index (χ2n) is 4.77. The Balaban J connectivity index is 2.21. The number of hydrogen-bond donors (Lipinski definition) is 0. The molecule has 0 saturated heterocycles. The third kappa shape index (κ3) is 2.94. The minimum absolute atomic E-state index is 0.0860. The lowest BCUT2D eigenvalue weighted by atomic mass is 9.79. The normalized spacial score (nSPS) is 18.6. The molecule has 1 aromatic rings. The first-order valence-corrected chi connectivity index (χ1v) is 7.64. The predicted octanol–water partition coefficient (Wildman–Crippen LogP) is 3.86. The van der Waals surface area contributed by atoms with Crippen LogP contribution in [-0.2, 0) is 11.2 Å². The Bertz CT molecular complexity index is 429. The number of halogens is 1. The summed E-state index contributed by atoms with van der Waals surface area (Å²) in [6.07, 6.45) is 4.76. The molecule has 0 bridgehead atoms. The average molecular weight is 311 g/mol. The molecule has 0 amide bonds. The zero-order chi connectivity index (χ0) is 13.0. The molecular weight excluding hydrogens is 292 g/mol. The Morgan fingerprint density at radius 2 is 2.17 bits per heavy atom. The van der Waals surface area contributed by atoms with E-state index in [1.165, 1.54) is 11.1 Å². The second kappa shape index (κ2) is 6.37. The minimum atomic E-state index is 0.0860. The van der Waals surface area contributed by atoms with Crippen LogP contribution in [0.4, 0.5) is 0 Å². The number of hydrogen-bond acceptors (Lipinski definition) is 2. The van der Waals surface area contributed by atoms with Gasteiger partial charge < -0.3 is 4.74 Å². The van der Waals surface area contributed by atoms with Crippen LogP contribution in [0.25, 0.3) is 0 Å². The maximum atomic E-state index is 12.1. The Kier molecular flexibility index (Phi) is 4.81. The van der Waals surface area contributed by atoms with Crippen molar-refractivity contribution in [3.63, 3.8) is 0 Å². The van der Waals surface area contributed by atoms with Gasteiger partial charge in [0.2, 0.25) is 0 Å². The third-order valence-corrected chi connectivity index (χ3v) is 4.20. The van der Waals surface area contributed by atoms with Crippen LogP contribution in [0.15, 0.2) is 18.2 Å². The minimum Gasteiger partial charge on any atom is -0.497 e. The number of unbranched alkanes of at least 4 members (excludes halogenated alkanes) is 1. The number of rotatable bonds is 5. The van der Waals surface area contributed by atoms with Gasteiger partial charge in [-0.25, -0.2) is 0 Å². The highest BCUT2D eigenvalue weighted by Crippen LogP contribution is 2.35. The number of Topliss-reactive ketones (excluding diaryl/α,β-unsaturated/α-hetero) is 1. The van der Waals surface area contributed by atoms with Crippen LogP contribution in [0.5, 0.6) is 5.75 Å². The van der Waals surface area contributed by atoms with Gasteiger partial charge in [-0.1, -0.05) is 28.4 Å². The van der Waals surface area contributed by atoms with Crippen LogP contribution >= 0.6 is 15.9 Å². The maximum absolute atomic E-state index is 12.1. The summed E-state index contributed by atoms with van der Waals surface area (Å²) in [5.74, 6) is 1.34. The van der Waals surface area contributed by atoms with Crippen LogP contribution in [0.1, 0.15) is 42.7 Å². The quantitative estimate of drug-likeness (QED) is 0.610. The maximum Gasteiger partial charge on any atom is 0.140 e. The van der Waals surface area contributed by atoms with E-state index in [0.717, 1.165) is 36.8 Å². The largest absolute Gasteiger partial charge is 0.497 e. The first-order valence-electron chi connectivity index (χ1n) is 6.51. The molecule has 1 aliphatic rings. The predicted molar refractivity (Wildman–Crippen MR) is 76.7 cm³/mol. The monoisotopic (exact) mass is 310 g/mol. The number of carbonyl (C=O) groups excluding carboxylic acids is 1. The van der Waals surface area contributed by atoms with Crippen molar-refractivity contribution in [3.05, 3.63) is 29.3 Å². The summed E-state index contributed by atoms with van der Waals surface area (Å²) in [5.41, 5.74) is 2.51. The first kappa shape index (κ1) is 13.6. The molecule has 0 aliphatic heterocycles. The fraction of sp³-hybridized carbons (Fsp3) is 0.533. The number of alkyl halides is 1. The SMILES string of the molecule is COc1ccc2c(c1)C(CCCCBr)C(=O)CC2. The zero-order valence-electron chi connectivity index (χ0n) is 10.7. The standard InChI is InChI=1S/C15H19BrO2/c1-18-12-7-5-11-6-8-15(17)13(14(11)10-12)4-2-3-9-16/h5,7,10,13H,2-4,6,8-9H2,1H3. The van der Waals surface area contributed by atoms with Crippen LogP contribution in [0.2, 0.25) is 0 Å². The van der Waals surface area contributed by atoms with Crippen LogP contribution in [-0.4, -0.2) is 18.2 Å². The summed E-state index contributed by atoms with van der Waals surface area (Å²) in [7, 11) is 1.67. The summed E-state index contributed by atoms with van der Waals surface area (Å²) in [6, 6.07) is 6.15. The first-order chi connectivity index (χ1) is 8.76. The van der Waals surface area contributed by atoms with Crippen LogP contribution < -0.4 is 4.74 Å². The van der Waals surface area contributed by atoms with E-state index in [9.17, 15) is 4.79 Å². The molecule has 1 aromatic carbocycles. The van der Waals surface area contributed by atoms with E-state index in [4.69, 9.17) is 4.74 Å². The van der Waals surface area contributed by atoms with Crippen molar-refractivity contribution in [1.29, 1.82) is 0 Å². The van der Waals surface area contributed by atoms with Gasteiger partial charge in [-0.15, -0.1) is 0 Å². The summed E-state index contributed by atoms with van der Waals surface area (Å²) < 4.78 is 5.27. The van der Waals surface area contributed by atoms with Crippen molar-refractivity contribution in [2.24, 2.45) is 0 Å². The summed E-state index contributed by atoms with van der Waals surface area (Å²) in [6.45, 7) is 0. The molecule has 3 heteroatoms. The van der Waals surface area contributed by atoms with Crippen LogP contribution in [0, 0.1) is 0 Å². The van der Waals surface area contributed by atoms with E-state index in [1.807, 2.05) is 12.1 Å². The van der Waals surface area contributed by atoms with Gasteiger partial charge in [0.05, 0.1) is 7.11 Å². The summed E-state index contributed by atoms with van der Waals surface area (Å²) >= 11 is 3.44. The summed E-state index contributed by atoms with van der Waals surface area (Å²) in [5, 5.41) is 1.01. The highest BCUT2D eigenvalue weighted by Gasteiger charge is 2.27. The van der Waals surface area contributed by atoms with E-state index >= 15 is 0 Å². The number of carbonyl (C=O) groups is 1. The molecule has 1 aliphatic carbocycles. The van der Waals surface area contributed by atoms with Crippen molar-refractivity contribution in [3.8, 4) is 5.75 Å². The zero-order valence-corrected chi connectivity index (χ0v) is 12.3. The van der Waals surface area contributed by atoms with E-state index < -0.39 is 0 Å². The van der Waals surface area contributed by atoms with Crippen molar-refractivity contribution >= 4 is 21.7 Å². The van der Waals surface area contributed by atoms with Gasteiger partial charge in [0, 0.05) is 17.7 Å². The van der Waals surface area contributed by atoms with Crippen molar-refractivity contribution in [2.75, 3.05) is 12.4 Å². The Morgan fingerprint density at radius 3 is 2.89 bits per heavy atom. The van der Waals surface area contributed by atoms with Crippen LogP contribution in [0.3, 0.4) is 0 Å². The number of ketones is 1. The molecule has 18 heavy (non-hydrogen) atoms. The average Bonchev–Trinajstić information content (AvgIpc) is 2.41. The second-order valence-corrected chi connectivity index (χ2v) is 5.56. The number of benzene rings is 1. The van der Waals surface area contributed by atoms with Gasteiger partial charge in [0.15, 0.2) is 0 Å². The number of methoxy groups -OCH3 is 1. The summed E-state index contributed by atoms with van der Waals surface area (Å²) in [4.78, 5) is 12.1. The van der Waals surface area contributed by atoms with Gasteiger partial charge >= 0.3 is 0 Å². The number of ether oxygens (including phenoxy) is 1. The van der Waals surface area contributed by atoms with Gasteiger partial charge in [-0.2, -0.15) is 0 Å². The lowest BCUT2D eigenvalue weighted by Gasteiger charge is -2.25. The Hall–Kier alpha value is -0.830. The number of fused-ring (bicyclic) bond motifs is 1. The Morgan fingerprint density at radius 1 is 1.33 bits per heavy atom. The van der Waals surface area contributed by atoms with E-state index in [1.54, 1.807) is 7.11 Å². The molecule has 98 valence electrons. The highest BCUT2D eigenvalue weighted by molar-refractivity contribution is 9.09. The fourth-order valence-electron chi connectivity index (χ4n) is 2.62. The van der Waals surface area contributed by atoms with Gasteiger partial charge in [0.1, 0.15) is 11.5 Å². The molecule has 0 aromatic heterocycles. The number of aryl methyl sites for hydroxylation is 1. The molecule has 0 heterocycles. The van der Waals surface area contributed by atoms with Gasteiger partial charge in [0.25, 0.3) is 0 Å². The highest BCUT2D eigenvalue weighted by atomic mass is 79.9. The Labute approximate surface area is 117 Å². The lowest BCUT2D eigenvalue weighted by molar-refractivity contribution is -0.121. The van der Waals surface area contributed by atoms with Gasteiger partial charge in [-0.05, 0) is 42.5 Å². The molecular formula is C15H19BrO2. The molecule has 0 N–H and O–H groups in total. The fourth-order valence-corrected chi connectivity index (χ4v) is 3.01. The van der Waals surface area contributed by atoms with E-state index in [0.29, 0.717) is 12.2 Å². The molecule has 0 saturated carbocycles. The van der Waals surface area contributed by atoms with Crippen molar-refractivity contribution < 1.29 is 9.53 Å². The molecule has 1 unspecified atom stereocenters. The third-order valence-electron chi connectivity index (χ3n) is 3.63. The molecule has 0 spiro atoms. The van der Waals surface area contributed by atoms with E-state index in [2.05, 4.69) is 22.0 Å².